The van der Waals surface area contributed by atoms with Crippen molar-refractivity contribution in [3.05, 3.63) is 84.4 Å². The highest BCUT2D eigenvalue weighted by atomic mass is 16.5. The molecule has 6 nitrogen and oxygen atoms in total. The van der Waals surface area contributed by atoms with E-state index in [0.717, 1.165) is 35.7 Å². The minimum atomic E-state index is -0.491. The van der Waals surface area contributed by atoms with Crippen LogP contribution in [-0.4, -0.2) is 56.7 Å². The van der Waals surface area contributed by atoms with Gasteiger partial charge in [0, 0.05) is 31.9 Å². The molecule has 0 bridgehead atoms. The van der Waals surface area contributed by atoms with Gasteiger partial charge in [-0.05, 0) is 47.5 Å². The van der Waals surface area contributed by atoms with Crippen LogP contribution < -0.4 is 9.64 Å². The van der Waals surface area contributed by atoms with E-state index in [4.69, 9.17) is 9.47 Å². The summed E-state index contributed by atoms with van der Waals surface area (Å²) in [5.41, 5.74) is 3.63. The summed E-state index contributed by atoms with van der Waals surface area (Å²) in [7, 11) is 1.64. The summed E-state index contributed by atoms with van der Waals surface area (Å²) in [6.07, 6.45) is 0. The highest BCUT2D eigenvalue weighted by molar-refractivity contribution is 5.92. The third-order valence-corrected chi connectivity index (χ3v) is 5.62. The molecule has 0 aromatic heterocycles. The van der Waals surface area contributed by atoms with Crippen LogP contribution in [0.2, 0.25) is 0 Å². The second-order valence-corrected chi connectivity index (χ2v) is 7.59. The first-order valence-corrected chi connectivity index (χ1v) is 10.6. The largest absolute Gasteiger partial charge is 0.497 e. The quantitative estimate of drug-likeness (QED) is 0.556. The van der Waals surface area contributed by atoms with Gasteiger partial charge < -0.3 is 19.3 Å². The van der Waals surface area contributed by atoms with Crippen molar-refractivity contribution in [3.63, 3.8) is 0 Å². The Bertz CT molecular complexity index is 1040. The first kappa shape index (κ1) is 21.4. The van der Waals surface area contributed by atoms with Gasteiger partial charge >= 0.3 is 5.97 Å². The number of benzene rings is 3. The van der Waals surface area contributed by atoms with Crippen LogP contribution in [0.3, 0.4) is 0 Å². The lowest BCUT2D eigenvalue weighted by atomic mass is 10.0. The summed E-state index contributed by atoms with van der Waals surface area (Å²) in [5.74, 6) is 0.155. The minimum Gasteiger partial charge on any atom is -0.497 e. The Labute approximate surface area is 188 Å². The summed E-state index contributed by atoms with van der Waals surface area (Å²) in [6.45, 7) is 2.39. The van der Waals surface area contributed by atoms with E-state index < -0.39 is 5.97 Å². The van der Waals surface area contributed by atoms with Gasteiger partial charge in [0.2, 0.25) is 0 Å². The molecule has 1 fully saturated rings. The Kier molecular flexibility index (Phi) is 6.70. The predicted octanol–water partition coefficient (Wildman–Crippen LogP) is 3.87. The molecule has 6 heteroatoms. The number of carbonyl (C=O) groups is 2. The topological polar surface area (TPSA) is 59.1 Å². The summed E-state index contributed by atoms with van der Waals surface area (Å²) < 4.78 is 10.5. The second kappa shape index (κ2) is 10.0. The number of hydrogen-bond donors (Lipinski definition) is 0. The molecule has 3 aromatic carbocycles. The van der Waals surface area contributed by atoms with Crippen molar-refractivity contribution in [1.82, 2.24) is 4.90 Å². The van der Waals surface area contributed by atoms with E-state index in [1.807, 2.05) is 66.7 Å². The molecule has 164 valence electrons. The molecule has 3 aromatic rings. The zero-order valence-corrected chi connectivity index (χ0v) is 18.1. The van der Waals surface area contributed by atoms with Gasteiger partial charge in [0.05, 0.1) is 12.7 Å². The third-order valence-electron chi connectivity index (χ3n) is 5.62. The number of esters is 1. The van der Waals surface area contributed by atoms with Crippen LogP contribution in [0, 0.1) is 0 Å². The van der Waals surface area contributed by atoms with Crippen LogP contribution in [0.1, 0.15) is 10.4 Å². The Balaban J connectivity index is 1.25. The van der Waals surface area contributed by atoms with E-state index in [1.54, 1.807) is 24.1 Å². The van der Waals surface area contributed by atoms with Crippen molar-refractivity contribution >= 4 is 17.6 Å². The Morgan fingerprint density at radius 2 is 1.41 bits per heavy atom. The minimum absolute atomic E-state index is 0.173. The zero-order valence-electron chi connectivity index (χ0n) is 18.1. The molecule has 0 radical (unpaired) electrons. The average Bonchev–Trinajstić information content (AvgIpc) is 2.88. The molecule has 0 N–H and O–H groups in total. The fourth-order valence-corrected chi connectivity index (χ4v) is 3.74. The number of rotatable bonds is 6. The van der Waals surface area contributed by atoms with Crippen molar-refractivity contribution in [2.45, 2.75) is 0 Å². The van der Waals surface area contributed by atoms with Crippen LogP contribution >= 0.6 is 0 Å². The first-order valence-electron chi connectivity index (χ1n) is 10.6. The van der Waals surface area contributed by atoms with Gasteiger partial charge in [-0.1, -0.05) is 42.5 Å². The van der Waals surface area contributed by atoms with E-state index in [0.29, 0.717) is 18.7 Å². The summed E-state index contributed by atoms with van der Waals surface area (Å²) in [5, 5.41) is 0. The van der Waals surface area contributed by atoms with E-state index in [9.17, 15) is 9.59 Å². The van der Waals surface area contributed by atoms with Gasteiger partial charge in [-0.25, -0.2) is 4.79 Å². The van der Waals surface area contributed by atoms with Crippen molar-refractivity contribution < 1.29 is 19.1 Å². The molecule has 0 spiro atoms. The van der Waals surface area contributed by atoms with Crippen LogP contribution in [-0.2, 0) is 9.53 Å². The molecule has 32 heavy (non-hydrogen) atoms. The highest BCUT2D eigenvalue weighted by Crippen LogP contribution is 2.21. The lowest BCUT2D eigenvalue weighted by Gasteiger charge is -2.36. The molecule has 0 saturated carbocycles. The number of carbonyl (C=O) groups excluding carboxylic acids is 2. The van der Waals surface area contributed by atoms with E-state index in [1.165, 1.54) is 0 Å². The highest BCUT2D eigenvalue weighted by Gasteiger charge is 2.22. The fourth-order valence-electron chi connectivity index (χ4n) is 3.74. The number of hydrogen-bond acceptors (Lipinski definition) is 5. The van der Waals surface area contributed by atoms with Gasteiger partial charge in [0.15, 0.2) is 6.61 Å². The standard InChI is InChI=1S/C26H26N2O4/c1-31-24-13-11-23(12-14-24)27-15-17-28(18-16-27)25(29)19-32-26(30)22-9-7-21(8-10-22)20-5-3-2-4-6-20/h2-14H,15-19H2,1H3. The van der Waals surface area contributed by atoms with E-state index in [2.05, 4.69) is 4.90 Å². The molecule has 0 aliphatic carbocycles. The van der Waals surface area contributed by atoms with Crippen LogP contribution in [0.15, 0.2) is 78.9 Å². The van der Waals surface area contributed by atoms with Gasteiger partial charge in [-0.15, -0.1) is 0 Å². The number of methoxy groups -OCH3 is 1. The number of ether oxygens (including phenoxy) is 2. The normalized spacial score (nSPS) is 13.5. The predicted molar refractivity (Wildman–Crippen MR) is 124 cm³/mol. The van der Waals surface area contributed by atoms with Gasteiger partial charge in [-0.3, -0.25) is 4.79 Å². The Morgan fingerprint density at radius 3 is 2.03 bits per heavy atom. The van der Waals surface area contributed by atoms with Crippen LogP contribution in [0.25, 0.3) is 11.1 Å². The molecule has 0 atom stereocenters. The molecule has 1 amide bonds. The molecule has 1 aliphatic rings. The maximum atomic E-state index is 12.5. The molecule has 1 aliphatic heterocycles. The lowest BCUT2D eigenvalue weighted by Crippen LogP contribution is -2.49. The van der Waals surface area contributed by atoms with Crippen molar-refractivity contribution in [2.24, 2.45) is 0 Å². The van der Waals surface area contributed by atoms with E-state index in [-0.39, 0.29) is 12.5 Å². The maximum Gasteiger partial charge on any atom is 0.338 e. The van der Waals surface area contributed by atoms with Crippen molar-refractivity contribution in [2.75, 3.05) is 44.8 Å². The molecule has 4 rings (SSSR count). The van der Waals surface area contributed by atoms with Gasteiger partial charge in [0.1, 0.15) is 5.75 Å². The Hall–Kier alpha value is -3.80. The lowest BCUT2D eigenvalue weighted by molar-refractivity contribution is -0.134. The van der Waals surface area contributed by atoms with Gasteiger partial charge in [0.25, 0.3) is 5.91 Å². The zero-order chi connectivity index (χ0) is 22.3. The fraction of sp³-hybridized carbons (Fsp3) is 0.231. The number of nitrogens with zero attached hydrogens (tertiary/aromatic N) is 2. The van der Waals surface area contributed by atoms with E-state index >= 15 is 0 Å². The molecule has 1 saturated heterocycles. The second-order valence-electron chi connectivity index (χ2n) is 7.59. The maximum absolute atomic E-state index is 12.5. The SMILES string of the molecule is COc1ccc(N2CCN(C(=O)COC(=O)c3ccc(-c4ccccc4)cc3)CC2)cc1. The summed E-state index contributed by atoms with van der Waals surface area (Å²) in [6, 6.07) is 25.0. The van der Waals surface area contributed by atoms with Crippen LogP contribution in [0.4, 0.5) is 5.69 Å². The number of amides is 1. The summed E-state index contributed by atoms with van der Waals surface area (Å²) in [4.78, 5) is 28.8. The molecule has 0 unspecified atom stereocenters. The smallest absolute Gasteiger partial charge is 0.338 e. The molecule has 1 heterocycles. The van der Waals surface area contributed by atoms with Gasteiger partial charge in [-0.2, -0.15) is 0 Å². The first-order chi connectivity index (χ1) is 15.6. The monoisotopic (exact) mass is 430 g/mol. The molecular formula is C26H26N2O4. The Morgan fingerprint density at radius 1 is 0.781 bits per heavy atom. The van der Waals surface area contributed by atoms with Crippen molar-refractivity contribution in [3.8, 4) is 16.9 Å². The molecular weight excluding hydrogens is 404 g/mol. The summed E-state index contributed by atoms with van der Waals surface area (Å²) >= 11 is 0. The van der Waals surface area contributed by atoms with Crippen LogP contribution in [0.5, 0.6) is 5.75 Å². The third kappa shape index (κ3) is 5.09. The van der Waals surface area contributed by atoms with Crippen molar-refractivity contribution in [1.29, 1.82) is 0 Å². The number of anilines is 1. The average molecular weight is 431 g/mol. The number of piperazine rings is 1.